The van der Waals surface area contributed by atoms with Crippen LogP contribution in [0.15, 0.2) is 6.07 Å². The third kappa shape index (κ3) is 2.57. The fraction of sp³-hybridized carbons (Fsp3) is 0.462. The monoisotopic (exact) mass is 202 g/mol. The van der Waals surface area contributed by atoms with Crippen molar-refractivity contribution < 1.29 is 0 Å². The van der Waals surface area contributed by atoms with Gasteiger partial charge < -0.3 is 5.32 Å². The highest BCUT2D eigenvalue weighted by Crippen LogP contribution is 2.21. The molecule has 0 aliphatic rings. The van der Waals surface area contributed by atoms with Crippen LogP contribution in [-0.2, 0) is 6.54 Å². The molecular weight excluding hydrogens is 184 g/mol. The molecule has 0 saturated carbocycles. The Morgan fingerprint density at radius 3 is 2.13 bits per heavy atom. The van der Waals surface area contributed by atoms with Crippen LogP contribution in [0.25, 0.3) is 0 Å². The van der Waals surface area contributed by atoms with Crippen LogP contribution >= 0.6 is 0 Å². The van der Waals surface area contributed by atoms with Gasteiger partial charge in [0.15, 0.2) is 0 Å². The third-order valence-electron chi connectivity index (χ3n) is 3.03. The lowest BCUT2D eigenvalue weighted by molar-refractivity contribution is 0.754. The summed E-state index contributed by atoms with van der Waals surface area (Å²) in [4.78, 5) is 0. The van der Waals surface area contributed by atoms with E-state index in [9.17, 15) is 0 Å². The van der Waals surface area contributed by atoms with Crippen molar-refractivity contribution in [3.05, 3.63) is 33.9 Å². The van der Waals surface area contributed by atoms with Gasteiger partial charge in [-0.1, -0.05) is 6.07 Å². The zero-order valence-corrected chi connectivity index (χ0v) is 9.94. The molecular formula is C13H18N2. The standard InChI is InChI=1S/C13H18N2/c1-9-7-10(2)12(4)13(11(9)3)8-15-6-5-14/h7,15H,6,8H2,1-4H3. The van der Waals surface area contributed by atoms with Gasteiger partial charge in [0.1, 0.15) is 0 Å². The molecule has 0 spiro atoms. The van der Waals surface area contributed by atoms with Gasteiger partial charge in [-0.15, -0.1) is 0 Å². The van der Waals surface area contributed by atoms with Crippen molar-refractivity contribution >= 4 is 0 Å². The molecule has 0 fully saturated rings. The zero-order chi connectivity index (χ0) is 11.4. The first-order valence-electron chi connectivity index (χ1n) is 5.22. The van der Waals surface area contributed by atoms with E-state index in [1.807, 2.05) is 0 Å². The average molecular weight is 202 g/mol. The Morgan fingerprint density at radius 2 is 1.67 bits per heavy atom. The van der Waals surface area contributed by atoms with Crippen LogP contribution in [-0.4, -0.2) is 6.54 Å². The van der Waals surface area contributed by atoms with Crippen LogP contribution in [0.2, 0.25) is 0 Å². The largest absolute Gasteiger partial charge is 0.300 e. The van der Waals surface area contributed by atoms with E-state index in [1.54, 1.807) is 0 Å². The summed E-state index contributed by atoms with van der Waals surface area (Å²) in [5.74, 6) is 0. The Morgan fingerprint density at radius 1 is 1.13 bits per heavy atom. The molecule has 0 bridgehead atoms. The summed E-state index contributed by atoms with van der Waals surface area (Å²) >= 11 is 0. The Kier molecular flexibility index (Phi) is 3.88. The predicted molar refractivity (Wildman–Crippen MR) is 62.7 cm³/mol. The van der Waals surface area contributed by atoms with Crippen LogP contribution in [0.3, 0.4) is 0 Å². The molecule has 1 rings (SSSR count). The molecule has 0 radical (unpaired) electrons. The second-order valence-electron chi connectivity index (χ2n) is 4.00. The van der Waals surface area contributed by atoms with Gasteiger partial charge in [-0.05, 0) is 55.5 Å². The summed E-state index contributed by atoms with van der Waals surface area (Å²) < 4.78 is 0. The van der Waals surface area contributed by atoms with E-state index in [1.165, 1.54) is 27.8 Å². The molecule has 0 aliphatic carbocycles. The first kappa shape index (κ1) is 11.7. The number of nitriles is 1. The molecule has 2 nitrogen and oxygen atoms in total. The van der Waals surface area contributed by atoms with Crippen LogP contribution in [0.4, 0.5) is 0 Å². The van der Waals surface area contributed by atoms with Gasteiger partial charge in [-0.25, -0.2) is 0 Å². The Balaban J connectivity index is 3.00. The van der Waals surface area contributed by atoms with E-state index in [4.69, 9.17) is 5.26 Å². The van der Waals surface area contributed by atoms with Gasteiger partial charge >= 0.3 is 0 Å². The van der Waals surface area contributed by atoms with Crippen LogP contribution < -0.4 is 5.32 Å². The number of rotatable bonds is 3. The normalized spacial score (nSPS) is 10.1. The van der Waals surface area contributed by atoms with Gasteiger partial charge in [0.25, 0.3) is 0 Å². The predicted octanol–water partition coefficient (Wildman–Crippen LogP) is 2.53. The van der Waals surface area contributed by atoms with Crippen LogP contribution in [0, 0.1) is 39.0 Å². The smallest absolute Gasteiger partial charge is 0.0843 e. The van der Waals surface area contributed by atoms with Crippen molar-refractivity contribution in [3.63, 3.8) is 0 Å². The highest BCUT2D eigenvalue weighted by Gasteiger charge is 2.07. The van der Waals surface area contributed by atoms with Gasteiger partial charge in [-0.3, -0.25) is 0 Å². The first-order valence-corrected chi connectivity index (χ1v) is 5.22. The van der Waals surface area contributed by atoms with Gasteiger partial charge in [-0.2, -0.15) is 5.26 Å². The molecule has 0 amide bonds. The highest BCUT2D eigenvalue weighted by molar-refractivity contribution is 5.43. The van der Waals surface area contributed by atoms with E-state index < -0.39 is 0 Å². The number of hydrogen-bond acceptors (Lipinski definition) is 2. The lowest BCUT2D eigenvalue weighted by atomic mass is 9.94. The van der Waals surface area contributed by atoms with Gasteiger partial charge in [0, 0.05) is 6.54 Å². The number of aryl methyl sites for hydroxylation is 2. The molecule has 0 aromatic heterocycles. The lowest BCUT2D eigenvalue weighted by Gasteiger charge is -2.15. The Bertz CT molecular complexity index is 374. The lowest BCUT2D eigenvalue weighted by Crippen LogP contribution is -2.15. The topological polar surface area (TPSA) is 35.8 Å². The summed E-state index contributed by atoms with van der Waals surface area (Å²) in [6, 6.07) is 4.32. The van der Waals surface area contributed by atoms with Crippen molar-refractivity contribution in [2.24, 2.45) is 0 Å². The summed E-state index contributed by atoms with van der Waals surface area (Å²) in [7, 11) is 0. The van der Waals surface area contributed by atoms with Crippen molar-refractivity contribution in [2.45, 2.75) is 34.2 Å². The average Bonchev–Trinajstić information content (AvgIpc) is 2.20. The maximum Gasteiger partial charge on any atom is 0.0843 e. The zero-order valence-electron chi connectivity index (χ0n) is 9.94. The minimum Gasteiger partial charge on any atom is -0.300 e. The molecule has 1 N–H and O–H groups in total. The molecule has 1 aromatic rings. The second kappa shape index (κ2) is 4.95. The first-order chi connectivity index (χ1) is 7.07. The molecule has 1 aromatic carbocycles. The molecule has 0 heterocycles. The highest BCUT2D eigenvalue weighted by atomic mass is 14.8. The van der Waals surface area contributed by atoms with E-state index >= 15 is 0 Å². The SMILES string of the molecule is Cc1cc(C)c(C)c(CNCC#N)c1C. The fourth-order valence-corrected chi connectivity index (χ4v) is 1.81. The van der Waals surface area contributed by atoms with E-state index in [2.05, 4.69) is 45.1 Å². The van der Waals surface area contributed by atoms with E-state index in [-0.39, 0.29) is 0 Å². The number of nitrogens with zero attached hydrogens (tertiary/aromatic N) is 1. The fourth-order valence-electron chi connectivity index (χ4n) is 1.81. The van der Waals surface area contributed by atoms with Crippen molar-refractivity contribution in [1.29, 1.82) is 5.26 Å². The van der Waals surface area contributed by atoms with Crippen LogP contribution in [0.1, 0.15) is 27.8 Å². The number of nitrogens with one attached hydrogen (secondary N) is 1. The Hall–Kier alpha value is -1.33. The van der Waals surface area contributed by atoms with Crippen LogP contribution in [0.5, 0.6) is 0 Å². The number of benzene rings is 1. The number of hydrogen-bond donors (Lipinski definition) is 1. The third-order valence-corrected chi connectivity index (χ3v) is 3.03. The second-order valence-corrected chi connectivity index (χ2v) is 4.00. The quantitative estimate of drug-likeness (QED) is 0.604. The summed E-state index contributed by atoms with van der Waals surface area (Å²) in [5, 5.41) is 11.6. The maximum atomic E-state index is 8.48. The molecule has 0 unspecified atom stereocenters. The minimum atomic E-state index is 0.409. The molecule has 0 saturated heterocycles. The summed E-state index contributed by atoms with van der Waals surface area (Å²) in [6.07, 6.45) is 0. The Labute approximate surface area is 91.9 Å². The summed E-state index contributed by atoms with van der Waals surface area (Å²) in [5.41, 5.74) is 6.66. The van der Waals surface area contributed by atoms with Gasteiger partial charge in [0.2, 0.25) is 0 Å². The molecule has 2 heteroatoms. The molecule has 15 heavy (non-hydrogen) atoms. The summed E-state index contributed by atoms with van der Waals surface area (Å²) in [6.45, 7) is 9.75. The minimum absolute atomic E-state index is 0.409. The molecule has 0 aliphatic heterocycles. The van der Waals surface area contributed by atoms with E-state index in [0.29, 0.717) is 6.54 Å². The van der Waals surface area contributed by atoms with Crippen molar-refractivity contribution in [1.82, 2.24) is 5.32 Å². The van der Waals surface area contributed by atoms with E-state index in [0.717, 1.165) is 6.54 Å². The maximum absolute atomic E-state index is 8.48. The van der Waals surface area contributed by atoms with Crippen molar-refractivity contribution in [2.75, 3.05) is 6.54 Å². The molecule has 80 valence electrons. The molecule has 0 atom stereocenters. The van der Waals surface area contributed by atoms with Crippen molar-refractivity contribution in [3.8, 4) is 6.07 Å². The van der Waals surface area contributed by atoms with Gasteiger partial charge in [0.05, 0.1) is 12.6 Å².